The number of hydrogen-bond donors (Lipinski definition) is 1. The van der Waals surface area contributed by atoms with Crippen molar-refractivity contribution >= 4 is 0 Å². The van der Waals surface area contributed by atoms with Crippen LogP contribution in [0.2, 0.25) is 0 Å². The zero-order chi connectivity index (χ0) is 15.4. The van der Waals surface area contributed by atoms with E-state index in [1.807, 2.05) is 14.0 Å². The molecule has 0 saturated heterocycles. The summed E-state index contributed by atoms with van der Waals surface area (Å²) < 4.78 is 5.89. The minimum atomic E-state index is 0.0937. The van der Waals surface area contributed by atoms with Gasteiger partial charge in [0, 0.05) is 18.0 Å². The highest BCUT2D eigenvalue weighted by atomic mass is 16.5. The van der Waals surface area contributed by atoms with E-state index < -0.39 is 0 Å². The predicted molar refractivity (Wildman–Crippen MR) is 85.4 cm³/mol. The van der Waals surface area contributed by atoms with Crippen molar-refractivity contribution in [2.45, 2.75) is 53.1 Å². The topological polar surface area (TPSA) is 47.0 Å². The summed E-state index contributed by atoms with van der Waals surface area (Å²) >= 11 is 0. The van der Waals surface area contributed by atoms with Crippen molar-refractivity contribution in [2.75, 3.05) is 20.2 Å². The Hall–Kier alpha value is -1.00. The van der Waals surface area contributed by atoms with Crippen LogP contribution in [0.3, 0.4) is 0 Å². The van der Waals surface area contributed by atoms with Crippen LogP contribution in [0.25, 0.3) is 0 Å². The van der Waals surface area contributed by atoms with Crippen LogP contribution in [-0.2, 0) is 11.2 Å². The number of rotatable bonds is 8. The van der Waals surface area contributed by atoms with E-state index in [1.54, 1.807) is 0 Å². The molecular formula is C17H29N3O. The minimum Gasteiger partial charge on any atom is -0.370 e. The molecule has 1 N–H and O–H groups in total. The zero-order valence-corrected chi connectivity index (χ0v) is 14.1. The first-order valence-electron chi connectivity index (χ1n) is 8.17. The molecule has 1 aliphatic carbocycles. The third-order valence-corrected chi connectivity index (χ3v) is 4.19. The molecule has 0 aromatic carbocycles. The second-order valence-corrected chi connectivity index (χ2v) is 6.31. The van der Waals surface area contributed by atoms with Gasteiger partial charge in [-0.2, -0.15) is 0 Å². The quantitative estimate of drug-likeness (QED) is 0.800. The largest absolute Gasteiger partial charge is 0.370 e. The lowest BCUT2D eigenvalue weighted by atomic mass is 9.98. The van der Waals surface area contributed by atoms with Gasteiger partial charge in [-0.3, -0.25) is 0 Å². The van der Waals surface area contributed by atoms with Crippen LogP contribution in [-0.4, -0.2) is 30.2 Å². The normalized spacial score (nSPS) is 17.8. The lowest BCUT2D eigenvalue weighted by Crippen LogP contribution is -2.20. The molecule has 4 nitrogen and oxygen atoms in total. The minimum absolute atomic E-state index is 0.0937. The second-order valence-electron chi connectivity index (χ2n) is 6.31. The summed E-state index contributed by atoms with van der Waals surface area (Å²) in [6, 6.07) is 0. The lowest BCUT2D eigenvalue weighted by molar-refractivity contribution is 0.0397. The molecule has 2 unspecified atom stereocenters. The van der Waals surface area contributed by atoms with Crippen LogP contribution in [0.5, 0.6) is 0 Å². The number of ether oxygens (including phenoxy) is 1. The Bertz CT molecular complexity index is 448. The molecule has 1 aromatic rings. The molecule has 2 atom stereocenters. The van der Waals surface area contributed by atoms with Crippen molar-refractivity contribution < 1.29 is 4.74 Å². The van der Waals surface area contributed by atoms with Crippen molar-refractivity contribution in [2.24, 2.45) is 11.8 Å². The Morgan fingerprint density at radius 2 is 1.86 bits per heavy atom. The third-order valence-electron chi connectivity index (χ3n) is 4.19. The molecule has 0 bridgehead atoms. The zero-order valence-electron chi connectivity index (χ0n) is 14.1. The van der Waals surface area contributed by atoms with E-state index in [0.717, 1.165) is 36.8 Å². The monoisotopic (exact) mass is 291 g/mol. The predicted octanol–water partition coefficient (Wildman–Crippen LogP) is 2.98. The molecule has 1 aliphatic rings. The van der Waals surface area contributed by atoms with Crippen LogP contribution in [0.1, 0.15) is 55.6 Å². The van der Waals surface area contributed by atoms with Crippen molar-refractivity contribution in [3.8, 4) is 0 Å². The Kier molecular flexibility index (Phi) is 5.71. The summed E-state index contributed by atoms with van der Waals surface area (Å²) in [6.45, 7) is 10.3. The van der Waals surface area contributed by atoms with Gasteiger partial charge in [0.2, 0.25) is 0 Å². The maximum Gasteiger partial charge on any atom is 0.157 e. The molecule has 0 radical (unpaired) electrons. The van der Waals surface area contributed by atoms with Gasteiger partial charge in [0.05, 0.1) is 0 Å². The fourth-order valence-corrected chi connectivity index (χ4v) is 2.96. The summed E-state index contributed by atoms with van der Waals surface area (Å²) in [6.07, 6.45) is 3.61. The molecule has 21 heavy (non-hydrogen) atoms. The van der Waals surface area contributed by atoms with Gasteiger partial charge in [0.25, 0.3) is 0 Å². The van der Waals surface area contributed by atoms with Crippen molar-refractivity contribution in [1.29, 1.82) is 0 Å². The molecule has 1 saturated carbocycles. The van der Waals surface area contributed by atoms with Crippen molar-refractivity contribution in [1.82, 2.24) is 15.3 Å². The van der Waals surface area contributed by atoms with E-state index >= 15 is 0 Å². The van der Waals surface area contributed by atoms with Gasteiger partial charge < -0.3 is 10.1 Å². The van der Waals surface area contributed by atoms with E-state index in [9.17, 15) is 0 Å². The number of hydrogen-bond acceptors (Lipinski definition) is 4. The molecule has 0 aliphatic heterocycles. The fourth-order valence-electron chi connectivity index (χ4n) is 2.96. The van der Waals surface area contributed by atoms with Crippen LogP contribution in [0.15, 0.2) is 0 Å². The van der Waals surface area contributed by atoms with E-state index in [2.05, 4.69) is 26.1 Å². The van der Waals surface area contributed by atoms with Crippen LogP contribution in [0, 0.1) is 25.7 Å². The summed E-state index contributed by atoms with van der Waals surface area (Å²) in [5, 5.41) is 3.24. The van der Waals surface area contributed by atoms with Gasteiger partial charge >= 0.3 is 0 Å². The molecule has 1 fully saturated rings. The van der Waals surface area contributed by atoms with E-state index in [4.69, 9.17) is 14.7 Å². The summed E-state index contributed by atoms with van der Waals surface area (Å²) in [5.74, 6) is 2.10. The Morgan fingerprint density at radius 1 is 1.24 bits per heavy atom. The summed E-state index contributed by atoms with van der Waals surface area (Å²) in [4.78, 5) is 9.54. The molecule has 0 amide bonds. The first kappa shape index (κ1) is 16.4. The lowest BCUT2D eigenvalue weighted by Gasteiger charge is -2.19. The first-order valence-corrected chi connectivity index (χ1v) is 8.17. The van der Waals surface area contributed by atoms with E-state index in [-0.39, 0.29) is 6.10 Å². The van der Waals surface area contributed by atoms with Crippen LogP contribution >= 0.6 is 0 Å². The van der Waals surface area contributed by atoms with Gasteiger partial charge in [0.15, 0.2) is 5.82 Å². The average molecular weight is 291 g/mol. The first-order chi connectivity index (χ1) is 10.1. The molecule has 1 heterocycles. The second kappa shape index (κ2) is 7.32. The number of nitrogens with zero attached hydrogens (tertiary/aromatic N) is 2. The van der Waals surface area contributed by atoms with Gasteiger partial charge in [0.1, 0.15) is 6.10 Å². The maximum absolute atomic E-state index is 5.89. The summed E-state index contributed by atoms with van der Waals surface area (Å²) in [5.41, 5.74) is 3.53. The molecule has 4 heteroatoms. The van der Waals surface area contributed by atoms with Crippen molar-refractivity contribution in [3.63, 3.8) is 0 Å². The molecule has 118 valence electrons. The van der Waals surface area contributed by atoms with E-state index in [0.29, 0.717) is 11.8 Å². The number of aromatic nitrogens is 2. The maximum atomic E-state index is 5.89. The molecular weight excluding hydrogens is 262 g/mol. The standard InChI is InChI=1S/C17H29N3O/c1-6-21-16(14-7-8-14)17-19-12(3)15(13(4)20-17)9-11(2)10-18-5/h11,14,16,18H,6-10H2,1-5H3. The highest BCUT2D eigenvalue weighted by Gasteiger charge is 2.35. The van der Waals surface area contributed by atoms with Gasteiger partial charge in [-0.25, -0.2) is 9.97 Å². The molecule has 0 spiro atoms. The highest BCUT2D eigenvalue weighted by molar-refractivity contribution is 5.25. The molecule has 2 rings (SSSR count). The van der Waals surface area contributed by atoms with Crippen LogP contribution < -0.4 is 5.32 Å². The third kappa shape index (κ3) is 4.24. The Labute approximate surface area is 128 Å². The fraction of sp³-hybridized carbons (Fsp3) is 0.765. The van der Waals surface area contributed by atoms with E-state index in [1.165, 1.54) is 18.4 Å². The SMILES string of the molecule is CCOC(c1nc(C)c(CC(C)CNC)c(C)n1)C1CC1. The number of nitrogens with one attached hydrogen (secondary N) is 1. The van der Waals surface area contributed by atoms with Crippen LogP contribution in [0.4, 0.5) is 0 Å². The number of aryl methyl sites for hydroxylation is 2. The smallest absolute Gasteiger partial charge is 0.157 e. The highest BCUT2D eigenvalue weighted by Crippen LogP contribution is 2.42. The van der Waals surface area contributed by atoms with Gasteiger partial charge in [-0.05, 0) is 71.0 Å². The van der Waals surface area contributed by atoms with Crippen molar-refractivity contribution in [3.05, 3.63) is 22.8 Å². The van der Waals surface area contributed by atoms with Gasteiger partial charge in [-0.1, -0.05) is 6.92 Å². The summed E-state index contributed by atoms with van der Waals surface area (Å²) in [7, 11) is 2.00. The Balaban J connectivity index is 2.19. The Morgan fingerprint density at radius 3 is 2.33 bits per heavy atom. The molecule has 1 aromatic heterocycles. The van der Waals surface area contributed by atoms with Gasteiger partial charge in [-0.15, -0.1) is 0 Å². The average Bonchev–Trinajstić information content (AvgIpc) is 3.24.